The molecule has 1 fully saturated rings. The minimum atomic E-state index is 0.0786. The quantitative estimate of drug-likeness (QED) is 0.481. The van der Waals surface area contributed by atoms with Crippen molar-refractivity contribution < 1.29 is 9.47 Å². The van der Waals surface area contributed by atoms with Crippen LogP contribution in [0.2, 0.25) is 0 Å². The second-order valence-corrected chi connectivity index (χ2v) is 3.90. The van der Waals surface area contributed by atoms with Gasteiger partial charge >= 0.3 is 0 Å². The molecule has 1 saturated heterocycles. The van der Waals surface area contributed by atoms with E-state index >= 15 is 0 Å². The molecule has 0 saturated carbocycles. The van der Waals surface area contributed by atoms with Crippen molar-refractivity contribution in [1.82, 2.24) is 0 Å². The van der Waals surface area contributed by atoms with E-state index in [2.05, 4.69) is 19.9 Å². The second-order valence-electron chi connectivity index (χ2n) is 3.90. The SMILES string of the molecule is CCC/C(C)=C\CCCC1OCCO1. The van der Waals surface area contributed by atoms with Gasteiger partial charge in [0, 0.05) is 0 Å². The first-order chi connectivity index (χ1) is 6.83. The molecule has 0 spiro atoms. The number of hydrogen-bond acceptors (Lipinski definition) is 2. The van der Waals surface area contributed by atoms with Crippen LogP contribution in [0.4, 0.5) is 0 Å². The van der Waals surface area contributed by atoms with Gasteiger partial charge in [-0.15, -0.1) is 0 Å². The summed E-state index contributed by atoms with van der Waals surface area (Å²) < 4.78 is 10.7. The minimum absolute atomic E-state index is 0.0786. The van der Waals surface area contributed by atoms with Gasteiger partial charge in [0.05, 0.1) is 13.2 Å². The van der Waals surface area contributed by atoms with E-state index in [1.807, 2.05) is 0 Å². The number of rotatable bonds is 6. The lowest BCUT2D eigenvalue weighted by Crippen LogP contribution is -2.06. The van der Waals surface area contributed by atoms with Gasteiger partial charge < -0.3 is 9.47 Å². The van der Waals surface area contributed by atoms with Crippen molar-refractivity contribution in [2.24, 2.45) is 0 Å². The van der Waals surface area contributed by atoms with E-state index in [-0.39, 0.29) is 6.29 Å². The van der Waals surface area contributed by atoms with E-state index in [9.17, 15) is 0 Å². The molecule has 0 bridgehead atoms. The molecule has 1 aliphatic rings. The summed E-state index contributed by atoms with van der Waals surface area (Å²) in [5, 5.41) is 0. The van der Waals surface area contributed by atoms with Crippen LogP contribution in [0.1, 0.15) is 46.0 Å². The lowest BCUT2D eigenvalue weighted by Gasteiger charge is -2.07. The molecule has 2 nitrogen and oxygen atoms in total. The Hall–Kier alpha value is -0.340. The van der Waals surface area contributed by atoms with Crippen molar-refractivity contribution in [1.29, 1.82) is 0 Å². The average molecular weight is 198 g/mol. The monoisotopic (exact) mass is 198 g/mol. The van der Waals surface area contributed by atoms with Gasteiger partial charge in [-0.2, -0.15) is 0 Å². The topological polar surface area (TPSA) is 18.5 Å². The lowest BCUT2D eigenvalue weighted by atomic mass is 10.1. The Labute approximate surface area is 87.3 Å². The third-order valence-electron chi connectivity index (χ3n) is 2.47. The number of hydrogen-bond donors (Lipinski definition) is 0. The zero-order valence-corrected chi connectivity index (χ0v) is 9.42. The Morgan fingerprint density at radius 2 is 2.07 bits per heavy atom. The van der Waals surface area contributed by atoms with Crippen molar-refractivity contribution in [3.63, 3.8) is 0 Å². The Morgan fingerprint density at radius 1 is 1.36 bits per heavy atom. The summed E-state index contributed by atoms with van der Waals surface area (Å²) in [5.74, 6) is 0. The van der Waals surface area contributed by atoms with Gasteiger partial charge in [-0.3, -0.25) is 0 Å². The maximum Gasteiger partial charge on any atom is 0.157 e. The van der Waals surface area contributed by atoms with E-state index in [4.69, 9.17) is 9.47 Å². The average Bonchev–Trinajstić information content (AvgIpc) is 2.65. The van der Waals surface area contributed by atoms with E-state index in [1.54, 1.807) is 0 Å². The number of ether oxygens (including phenoxy) is 2. The van der Waals surface area contributed by atoms with Crippen molar-refractivity contribution in [2.45, 2.75) is 52.2 Å². The molecule has 0 aromatic rings. The van der Waals surface area contributed by atoms with Gasteiger partial charge in [0.15, 0.2) is 6.29 Å². The Morgan fingerprint density at radius 3 is 2.71 bits per heavy atom. The van der Waals surface area contributed by atoms with Crippen LogP contribution in [0.15, 0.2) is 11.6 Å². The van der Waals surface area contributed by atoms with Crippen LogP contribution in [0.5, 0.6) is 0 Å². The molecule has 1 aliphatic heterocycles. The first-order valence-corrected chi connectivity index (χ1v) is 5.71. The van der Waals surface area contributed by atoms with Gasteiger partial charge in [-0.05, 0) is 32.6 Å². The summed E-state index contributed by atoms with van der Waals surface area (Å²) in [7, 11) is 0. The summed E-state index contributed by atoms with van der Waals surface area (Å²) in [4.78, 5) is 0. The number of allylic oxidation sites excluding steroid dienone is 2. The zero-order chi connectivity index (χ0) is 10.2. The summed E-state index contributed by atoms with van der Waals surface area (Å²) in [5.41, 5.74) is 1.51. The fraction of sp³-hybridized carbons (Fsp3) is 0.833. The van der Waals surface area contributed by atoms with E-state index in [0.717, 1.165) is 26.1 Å². The molecule has 0 aromatic heterocycles. The summed E-state index contributed by atoms with van der Waals surface area (Å²) in [6.07, 6.45) is 8.28. The highest BCUT2D eigenvalue weighted by molar-refractivity contribution is 4.97. The lowest BCUT2D eigenvalue weighted by molar-refractivity contribution is -0.0474. The fourth-order valence-corrected chi connectivity index (χ4v) is 1.70. The van der Waals surface area contributed by atoms with Crippen molar-refractivity contribution in [2.75, 3.05) is 13.2 Å². The molecule has 0 atom stereocenters. The predicted octanol–water partition coefficient (Wildman–Crippen LogP) is 3.28. The van der Waals surface area contributed by atoms with Gasteiger partial charge in [0.1, 0.15) is 0 Å². The predicted molar refractivity (Wildman–Crippen MR) is 58.2 cm³/mol. The maximum atomic E-state index is 5.36. The summed E-state index contributed by atoms with van der Waals surface area (Å²) in [6, 6.07) is 0. The van der Waals surface area contributed by atoms with Crippen LogP contribution in [0.3, 0.4) is 0 Å². The molecule has 2 heteroatoms. The van der Waals surface area contributed by atoms with Crippen LogP contribution >= 0.6 is 0 Å². The normalized spacial score (nSPS) is 19.1. The van der Waals surface area contributed by atoms with Gasteiger partial charge in [-0.25, -0.2) is 0 Å². The molecular formula is C12H22O2. The molecule has 0 radical (unpaired) electrons. The molecule has 0 unspecified atom stereocenters. The number of unbranched alkanes of at least 4 members (excludes halogenated alkanes) is 1. The van der Waals surface area contributed by atoms with Gasteiger partial charge in [-0.1, -0.05) is 25.0 Å². The first-order valence-electron chi connectivity index (χ1n) is 5.71. The Balaban J connectivity index is 2.00. The highest BCUT2D eigenvalue weighted by Crippen LogP contribution is 2.13. The Bertz CT molecular complexity index is 169. The highest BCUT2D eigenvalue weighted by Gasteiger charge is 2.14. The van der Waals surface area contributed by atoms with Crippen molar-refractivity contribution >= 4 is 0 Å². The molecule has 1 rings (SSSR count). The molecule has 82 valence electrons. The van der Waals surface area contributed by atoms with Crippen LogP contribution in [-0.4, -0.2) is 19.5 Å². The van der Waals surface area contributed by atoms with E-state index in [0.29, 0.717) is 0 Å². The maximum absolute atomic E-state index is 5.36. The van der Waals surface area contributed by atoms with Crippen LogP contribution < -0.4 is 0 Å². The van der Waals surface area contributed by atoms with E-state index in [1.165, 1.54) is 24.8 Å². The Kier molecular flexibility index (Phi) is 5.88. The van der Waals surface area contributed by atoms with E-state index < -0.39 is 0 Å². The molecule has 0 aliphatic carbocycles. The molecule has 1 heterocycles. The van der Waals surface area contributed by atoms with Crippen LogP contribution in [-0.2, 0) is 9.47 Å². The van der Waals surface area contributed by atoms with Gasteiger partial charge in [0.2, 0.25) is 0 Å². The fourth-order valence-electron chi connectivity index (χ4n) is 1.70. The minimum Gasteiger partial charge on any atom is -0.350 e. The third-order valence-corrected chi connectivity index (χ3v) is 2.47. The highest BCUT2D eigenvalue weighted by atomic mass is 16.7. The van der Waals surface area contributed by atoms with Gasteiger partial charge in [0.25, 0.3) is 0 Å². The molecular weight excluding hydrogens is 176 g/mol. The van der Waals surface area contributed by atoms with Crippen LogP contribution in [0, 0.1) is 0 Å². The summed E-state index contributed by atoms with van der Waals surface area (Å²) in [6.45, 7) is 5.98. The molecule has 0 N–H and O–H groups in total. The zero-order valence-electron chi connectivity index (χ0n) is 9.42. The second kappa shape index (κ2) is 7.02. The van der Waals surface area contributed by atoms with Crippen molar-refractivity contribution in [3.05, 3.63) is 11.6 Å². The van der Waals surface area contributed by atoms with Crippen LogP contribution in [0.25, 0.3) is 0 Å². The molecule has 0 aromatic carbocycles. The largest absolute Gasteiger partial charge is 0.350 e. The smallest absolute Gasteiger partial charge is 0.157 e. The standard InChI is InChI=1S/C12H22O2/c1-3-6-11(2)7-4-5-8-12-13-9-10-14-12/h7,12H,3-6,8-10H2,1-2H3/b11-7-. The third kappa shape index (κ3) is 4.77. The first kappa shape index (κ1) is 11.7. The summed E-state index contributed by atoms with van der Waals surface area (Å²) >= 11 is 0. The molecule has 14 heavy (non-hydrogen) atoms. The molecule has 0 amide bonds. The van der Waals surface area contributed by atoms with Crippen molar-refractivity contribution in [3.8, 4) is 0 Å².